The first-order valence-electron chi connectivity index (χ1n) is 10.9. The molecule has 0 spiro atoms. The van der Waals surface area contributed by atoms with Crippen molar-refractivity contribution in [3.8, 4) is 0 Å². The van der Waals surface area contributed by atoms with E-state index in [4.69, 9.17) is 4.42 Å². The second-order valence-corrected chi connectivity index (χ2v) is 8.89. The van der Waals surface area contributed by atoms with Gasteiger partial charge in [-0.25, -0.2) is 4.68 Å². The molecule has 8 nitrogen and oxygen atoms in total. The summed E-state index contributed by atoms with van der Waals surface area (Å²) in [5.41, 5.74) is 2.23. The van der Waals surface area contributed by atoms with Crippen molar-refractivity contribution in [1.29, 1.82) is 0 Å². The van der Waals surface area contributed by atoms with Crippen molar-refractivity contribution in [2.75, 3.05) is 26.2 Å². The average Bonchev–Trinajstić information content (AvgIpc) is 3.48. The molecule has 0 aliphatic carbocycles. The molecule has 8 heteroatoms. The molecule has 2 aromatic heterocycles. The Bertz CT molecular complexity index is 1000. The van der Waals surface area contributed by atoms with Crippen LogP contribution >= 0.6 is 0 Å². The molecule has 0 radical (unpaired) electrons. The van der Waals surface area contributed by atoms with Crippen LogP contribution in [-0.4, -0.2) is 57.2 Å². The molecule has 0 saturated carbocycles. The SMILES string of the molecule is CCC(C)(C)n1nnnc1[C@@H](c1ccc(C)cc1)[NH+]1CCN(C(=O)c2ccco2)CC1. The van der Waals surface area contributed by atoms with Gasteiger partial charge < -0.3 is 14.2 Å². The van der Waals surface area contributed by atoms with E-state index in [1.807, 2.05) is 9.58 Å². The van der Waals surface area contributed by atoms with Crippen molar-refractivity contribution >= 4 is 5.91 Å². The number of hydrogen-bond donors (Lipinski definition) is 1. The third-order valence-corrected chi connectivity index (χ3v) is 6.43. The van der Waals surface area contributed by atoms with E-state index in [9.17, 15) is 4.79 Å². The number of aryl methyl sites for hydroxylation is 1. The molecule has 3 heterocycles. The minimum atomic E-state index is -0.182. The van der Waals surface area contributed by atoms with Crippen LogP contribution in [-0.2, 0) is 5.54 Å². The Balaban J connectivity index is 1.62. The zero-order valence-corrected chi connectivity index (χ0v) is 18.7. The van der Waals surface area contributed by atoms with Gasteiger partial charge in [0.05, 0.1) is 38.0 Å². The van der Waals surface area contributed by atoms with E-state index in [1.165, 1.54) is 22.3 Å². The standard InChI is InChI=1S/C23H30N6O2/c1-5-23(3,4)29-21(24-25-26-29)20(18-10-8-17(2)9-11-18)27-12-14-28(15-13-27)22(30)19-7-6-16-31-19/h6-11,16,20H,5,12-15H2,1-4H3/p+1/t20-/m1/s1. The van der Waals surface area contributed by atoms with Crippen molar-refractivity contribution < 1.29 is 14.1 Å². The van der Waals surface area contributed by atoms with Crippen LogP contribution in [0.3, 0.4) is 0 Å². The lowest BCUT2D eigenvalue weighted by molar-refractivity contribution is -0.930. The molecule has 1 N–H and O–H groups in total. The van der Waals surface area contributed by atoms with Gasteiger partial charge in [0.1, 0.15) is 0 Å². The lowest BCUT2D eigenvalue weighted by Crippen LogP contribution is -3.15. The lowest BCUT2D eigenvalue weighted by atomic mass is 9.98. The number of nitrogens with zero attached hydrogens (tertiary/aromatic N) is 5. The Hall–Kier alpha value is -3.00. The molecule has 1 saturated heterocycles. The highest BCUT2D eigenvalue weighted by molar-refractivity contribution is 5.91. The number of aromatic nitrogens is 4. The molecule has 1 aliphatic rings. The predicted octanol–water partition coefficient (Wildman–Crippen LogP) is 1.85. The first kappa shape index (κ1) is 21.2. The van der Waals surface area contributed by atoms with E-state index in [0.29, 0.717) is 18.8 Å². The highest BCUT2D eigenvalue weighted by Gasteiger charge is 2.38. The van der Waals surface area contributed by atoms with Crippen molar-refractivity contribution in [1.82, 2.24) is 25.1 Å². The van der Waals surface area contributed by atoms with Gasteiger partial charge in [0, 0.05) is 5.56 Å². The van der Waals surface area contributed by atoms with Crippen LogP contribution in [0.2, 0.25) is 0 Å². The van der Waals surface area contributed by atoms with Gasteiger partial charge in [-0.05, 0) is 49.8 Å². The Morgan fingerprint density at radius 2 is 1.90 bits per heavy atom. The molecule has 1 fully saturated rings. The third-order valence-electron chi connectivity index (χ3n) is 6.43. The minimum absolute atomic E-state index is 0.00212. The fraction of sp³-hybridized carbons (Fsp3) is 0.478. The van der Waals surface area contributed by atoms with Crippen LogP contribution in [0.4, 0.5) is 0 Å². The van der Waals surface area contributed by atoms with E-state index in [1.54, 1.807) is 12.1 Å². The maximum atomic E-state index is 12.7. The Morgan fingerprint density at radius 3 is 2.52 bits per heavy atom. The van der Waals surface area contributed by atoms with E-state index in [-0.39, 0.29) is 17.5 Å². The van der Waals surface area contributed by atoms with Gasteiger partial charge in [0.25, 0.3) is 5.91 Å². The highest BCUT2D eigenvalue weighted by Crippen LogP contribution is 2.25. The van der Waals surface area contributed by atoms with Crippen LogP contribution < -0.4 is 4.90 Å². The zero-order valence-electron chi connectivity index (χ0n) is 18.7. The number of nitrogens with one attached hydrogen (secondary N) is 1. The normalized spacial score (nSPS) is 16.5. The molecule has 164 valence electrons. The maximum Gasteiger partial charge on any atom is 0.289 e. The van der Waals surface area contributed by atoms with Crippen molar-refractivity contribution in [3.63, 3.8) is 0 Å². The third kappa shape index (κ3) is 4.25. The number of furan rings is 1. The number of quaternary nitrogens is 1. The van der Waals surface area contributed by atoms with Gasteiger partial charge in [-0.1, -0.05) is 36.8 Å². The van der Waals surface area contributed by atoms with Crippen molar-refractivity contribution in [3.05, 3.63) is 65.4 Å². The fourth-order valence-corrected chi connectivity index (χ4v) is 4.12. The Morgan fingerprint density at radius 1 is 1.19 bits per heavy atom. The number of hydrogen-bond acceptors (Lipinski definition) is 5. The summed E-state index contributed by atoms with van der Waals surface area (Å²) in [6.07, 6.45) is 2.46. The van der Waals surface area contributed by atoms with Gasteiger partial charge in [-0.2, -0.15) is 0 Å². The van der Waals surface area contributed by atoms with E-state index >= 15 is 0 Å². The van der Waals surface area contributed by atoms with Crippen LogP contribution in [0, 0.1) is 6.92 Å². The summed E-state index contributed by atoms with van der Waals surface area (Å²) in [4.78, 5) is 15.9. The van der Waals surface area contributed by atoms with E-state index < -0.39 is 0 Å². The number of carbonyl (C=O) groups is 1. The smallest absolute Gasteiger partial charge is 0.289 e. The van der Waals surface area contributed by atoms with Crippen LogP contribution in [0.1, 0.15) is 60.7 Å². The number of tetrazole rings is 1. The highest BCUT2D eigenvalue weighted by atomic mass is 16.3. The maximum absolute atomic E-state index is 12.7. The zero-order chi connectivity index (χ0) is 22.0. The second kappa shape index (κ2) is 8.63. The quantitative estimate of drug-likeness (QED) is 0.654. The van der Waals surface area contributed by atoms with Crippen LogP contribution in [0.15, 0.2) is 47.1 Å². The Kier molecular flexibility index (Phi) is 5.91. The van der Waals surface area contributed by atoms with Gasteiger partial charge in [0.15, 0.2) is 11.8 Å². The molecule has 0 bridgehead atoms. The molecule has 4 rings (SSSR count). The van der Waals surface area contributed by atoms with Gasteiger partial charge in [-0.3, -0.25) is 4.79 Å². The Labute approximate surface area is 182 Å². The molecule has 1 aromatic carbocycles. The number of piperazine rings is 1. The minimum Gasteiger partial charge on any atom is -0.459 e. The topological polar surface area (TPSA) is 81.5 Å². The molecule has 1 amide bonds. The first-order chi connectivity index (χ1) is 14.9. The molecule has 0 unspecified atom stereocenters. The summed E-state index contributed by atoms with van der Waals surface area (Å²) in [6, 6.07) is 12.1. The summed E-state index contributed by atoms with van der Waals surface area (Å²) >= 11 is 0. The van der Waals surface area contributed by atoms with Gasteiger partial charge in [-0.15, -0.1) is 5.10 Å². The molecular weight excluding hydrogens is 392 g/mol. The van der Waals surface area contributed by atoms with E-state index in [2.05, 4.69) is 67.5 Å². The summed E-state index contributed by atoms with van der Waals surface area (Å²) in [6.45, 7) is 11.5. The average molecular weight is 424 g/mol. The molecule has 3 aromatic rings. The number of benzene rings is 1. The summed E-state index contributed by atoms with van der Waals surface area (Å²) in [7, 11) is 0. The van der Waals surface area contributed by atoms with Crippen LogP contribution in [0.5, 0.6) is 0 Å². The van der Waals surface area contributed by atoms with Gasteiger partial charge in [0.2, 0.25) is 5.82 Å². The largest absolute Gasteiger partial charge is 0.459 e. The number of rotatable bonds is 6. The first-order valence-corrected chi connectivity index (χ1v) is 10.9. The summed E-state index contributed by atoms with van der Waals surface area (Å²) in [5.74, 6) is 1.22. The van der Waals surface area contributed by atoms with E-state index in [0.717, 1.165) is 25.3 Å². The fourth-order valence-electron chi connectivity index (χ4n) is 4.12. The second-order valence-electron chi connectivity index (χ2n) is 8.89. The lowest BCUT2D eigenvalue weighted by Gasteiger charge is -2.37. The number of carbonyl (C=O) groups excluding carboxylic acids is 1. The molecule has 31 heavy (non-hydrogen) atoms. The molecular formula is C23H31N6O2+. The molecule has 1 atom stereocenters. The monoisotopic (exact) mass is 423 g/mol. The summed E-state index contributed by atoms with van der Waals surface area (Å²) in [5, 5.41) is 12.9. The van der Waals surface area contributed by atoms with Crippen LogP contribution in [0.25, 0.3) is 0 Å². The summed E-state index contributed by atoms with van der Waals surface area (Å²) < 4.78 is 7.28. The van der Waals surface area contributed by atoms with Crippen molar-refractivity contribution in [2.45, 2.75) is 45.7 Å². The predicted molar refractivity (Wildman–Crippen MR) is 116 cm³/mol. The van der Waals surface area contributed by atoms with Crippen molar-refractivity contribution in [2.24, 2.45) is 0 Å². The van der Waals surface area contributed by atoms with Gasteiger partial charge >= 0.3 is 0 Å². The molecule has 1 aliphatic heterocycles. The number of amides is 1.